The van der Waals surface area contributed by atoms with Crippen LogP contribution in [0.1, 0.15) is 32.9 Å². The van der Waals surface area contributed by atoms with Gasteiger partial charge in [-0.3, -0.25) is 4.79 Å². The summed E-state index contributed by atoms with van der Waals surface area (Å²) in [6.45, 7) is 0.0538. The minimum Gasteiger partial charge on any atom is -0.416 e. The molecule has 0 fully saturated rings. The average Bonchev–Trinajstić information content (AvgIpc) is 3.29. The summed E-state index contributed by atoms with van der Waals surface area (Å²) in [4.78, 5) is 16.6. The van der Waals surface area contributed by atoms with Gasteiger partial charge in [0.2, 0.25) is 5.76 Å². The summed E-state index contributed by atoms with van der Waals surface area (Å²) in [5.74, 6) is -0.241. The molecule has 1 amide bonds. The van der Waals surface area contributed by atoms with Gasteiger partial charge in [0, 0.05) is 13.0 Å². The third-order valence-corrected chi connectivity index (χ3v) is 4.38. The van der Waals surface area contributed by atoms with Crippen LogP contribution in [0, 0.1) is 0 Å². The minimum atomic E-state index is -4.40. The lowest BCUT2D eigenvalue weighted by Gasteiger charge is -2.08. The van der Waals surface area contributed by atoms with E-state index < -0.39 is 17.6 Å². The van der Waals surface area contributed by atoms with Crippen molar-refractivity contribution >= 4 is 11.8 Å². The fourth-order valence-electron chi connectivity index (χ4n) is 2.93. The highest BCUT2D eigenvalue weighted by molar-refractivity contribution is 5.93. The number of amides is 1. The maximum Gasteiger partial charge on any atom is 0.416 e. The molecule has 6 nitrogen and oxygen atoms in total. The van der Waals surface area contributed by atoms with E-state index in [4.69, 9.17) is 4.42 Å². The van der Waals surface area contributed by atoms with Crippen LogP contribution >= 0.6 is 0 Å². The summed E-state index contributed by atoms with van der Waals surface area (Å²) in [5.41, 5.74) is 1.29. The van der Waals surface area contributed by atoms with Crippen molar-refractivity contribution in [1.82, 2.24) is 19.9 Å². The Hall–Kier alpha value is -3.62. The van der Waals surface area contributed by atoms with E-state index in [-0.39, 0.29) is 18.1 Å². The van der Waals surface area contributed by atoms with Gasteiger partial charge in [-0.05, 0) is 23.3 Å². The van der Waals surface area contributed by atoms with Gasteiger partial charge >= 0.3 is 12.0 Å². The summed E-state index contributed by atoms with van der Waals surface area (Å²) in [7, 11) is 0. The van der Waals surface area contributed by atoms with E-state index in [1.807, 2.05) is 30.3 Å². The largest absolute Gasteiger partial charge is 0.416 e. The number of fused-ring (bicyclic) bond motifs is 1. The third-order valence-electron chi connectivity index (χ3n) is 4.38. The number of hydrogen-bond acceptors (Lipinski definition) is 4. The average molecular weight is 400 g/mol. The molecule has 0 unspecified atom stereocenters. The van der Waals surface area contributed by atoms with Gasteiger partial charge in [0.25, 0.3) is 5.91 Å². The SMILES string of the molecule is O=C(NCc1ccc(C(F)(F)F)cc1)c1oc2ncnn2c1Cc1ccccc1. The number of rotatable bonds is 5. The van der Waals surface area contributed by atoms with Crippen molar-refractivity contribution in [3.63, 3.8) is 0 Å². The van der Waals surface area contributed by atoms with E-state index in [9.17, 15) is 18.0 Å². The number of halogens is 3. The van der Waals surface area contributed by atoms with E-state index in [2.05, 4.69) is 15.4 Å². The molecule has 0 bridgehead atoms. The van der Waals surface area contributed by atoms with Crippen LogP contribution < -0.4 is 5.32 Å². The molecule has 0 saturated carbocycles. The molecule has 0 spiro atoms. The van der Waals surface area contributed by atoms with Crippen molar-refractivity contribution in [1.29, 1.82) is 0 Å². The Balaban J connectivity index is 1.53. The first kappa shape index (κ1) is 18.7. The Morgan fingerprint density at radius 1 is 1.03 bits per heavy atom. The Labute approximate surface area is 163 Å². The van der Waals surface area contributed by atoms with E-state index in [0.717, 1.165) is 17.7 Å². The van der Waals surface area contributed by atoms with Crippen LogP contribution in [0.3, 0.4) is 0 Å². The molecule has 0 aliphatic heterocycles. The zero-order valence-corrected chi connectivity index (χ0v) is 15.0. The van der Waals surface area contributed by atoms with Gasteiger partial charge in [-0.15, -0.1) is 0 Å². The Bertz CT molecular complexity index is 1130. The van der Waals surface area contributed by atoms with E-state index in [1.54, 1.807) is 0 Å². The topological polar surface area (TPSA) is 72.4 Å². The Morgan fingerprint density at radius 3 is 2.45 bits per heavy atom. The Kier molecular flexibility index (Phi) is 4.79. The molecule has 0 saturated heterocycles. The van der Waals surface area contributed by atoms with Gasteiger partial charge in [0.05, 0.1) is 5.56 Å². The number of benzene rings is 2. The molecular formula is C20H15F3N4O2. The summed E-state index contributed by atoms with van der Waals surface area (Å²) in [6.07, 6.45) is -2.67. The maximum absolute atomic E-state index is 12.7. The van der Waals surface area contributed by atoms with Crippen LogP contribution in [-0.4, -0.2) is 20.5 Å². The molecule has 2 aromatic carbocycles. The smallest absolute Gasteiger partial charge is 0.416 e. The molecule has 4 rings (SSSR count). The molecule has 0 atom stereocenters. The lowest BCUT2D eigenvalue weighted by molar-refractivity contribution is -0.137. The van der Waals surface area contributed by atoms with E-state index in [1.165, 1.54) is 23.0 Å². The van der Waals surface area contributed by atoms with Crippen molar-refractivity contribution in [3.05, 3.63) is 89.1 Å². The summed E-state index contributed by atoms with van der Waals surface area (Å²) >= 11 is 0. The van der Waals surface area contributed by atoms with Crippen LogP contribution in [0.25, 0.3) is 5.84 Å². The van der Waals surface area contributed by atoms with Crippen LogP contribution in [0.5, 0.6) is 0 Å². The first-order valence-electron chi connectivity index (χ1n) is 8.71. The third kappa shape index (κ3) is 3.98. The van der Waals surface area contributed by atoms with Crippen LogP contribution in [0.4, 0.5) is 13.2 Å². The van der Waals surface area contributed by atoms with Crippen LogP contribution in [-0.2, 0) is 19.1 Å². The van der Waals surface area contributed by atoms with Crippen LogP contribution in [0.15, 0.2) is 65.3 Å². The second-order valence-corrected chi connectivity index (χ2v) is 6.37. The normalized spacial score (nSPS) is 11.7. The van der Waals surface area contributed by atoms with Gasteiger partial charge in [-0.2, -0.15) is 27.8 Å². The van der Waals surface area contributed by atoms with Crippen LogP contribution in [0.2, 0.25) is 0 Å². The summed E-state index contributed by atoms with van der Waals surface area (Å²) < 4.78 is 45.0. The molecule has 2 heterocycles. The molecule has 9 heteroatoms. The molecular weight excluding hydrogens is 385 g/mol. The van der Waals surface area contributed by atoms with Gasteiger partial charge in [0.1, 0.15) is 12.0 Å². The predicted octanol–water partition coefficient (Wildman–Crippen LogP) is 3.86. The standard InChI is InChI=1S/C20H15F3N4O2/c21-20(22,23)15-8-6-14(7-9-15)11-24-18(28)17-16(10-13-4-2-1-3-5-13)27-19(29-17)25-12-26-27/h1-9,12H,10-11H2,(H,24,28). The first-order valence-corrected chi connectivity index (χ1v) is 8.71. The monoisotopic (exact) mass is 400 g/mol. The quantitative estimate of drug-likeness (QED) is 0.552. The lowest BCUT2D eigenvalue weighted by Crippen LogP contribution is -2.24. The Morgan fingerprint density at radius 2 is 1.76 bits per heavy atom. The predicted molar refractivity (Wildman–Crippen MR) is 97.1 cm³/mol. The number of hydrogen-bond donors (Lipinski definition) is 1. The molecule has 0 aliphatic carbocycles. The molecule has 0 radical (unpaired) electrons. The van der Waals surface area contributed by atoms with E-state index >= 15 is 0 Å². The molecule has 2 aromatic heterocycles. The zero-order valence-electron chi connectivity index (χ0n) is 15.0. The first-order chi connectivity index (χ1) is 13.9. The minimum absolute atomic E-state index is 0.0538. The van der Waals surface area contributed by atoms with Crippen molar-refractivity contribution in [2.24, 2.45) is 0 Å². The fourth-order valence-corrected chi connectivity index (χ4v) is 2.93. The second kappa shape index (κ2) is 7.42. The van der Waals surface area contributed by atoms with Gasteiger partial charge in [0.15, 0.2) is 0 Å². The molecule has 4 aromatic rings. The maximum atomic E-state index is 12.7. The highest BCUT2D eigenvalue weighted by Crippen LogP contribution is 2.29. The van der Waals surface area contributed by atoms with Crippen molar-refractivity contribution in [2.75, 3.05) is 0 Å². The fraction of sp³-hybridized carbons (Fsp3) is 0.150. The van der Waals surface area contributed by atoms with Crippen molar-refractivity contribution < 1.29 is 22.4 Å². The van der Waals surface area contributed by atoms with Gasteiger partial charge < -0.3 is 9.73 Å². The molecule has 1 N–H and O–H groups in total. The van der Waals surface area contributed by atoms with Gasteiger partial charge in [-0.1, -0.05) is 42.5 Å². The van der Waals surface area contributed by atoms with Gasteiger partial charge in [-0.25, -0.2) is 0 Å². The van der Waals surface area contributed by atoms with Crippen molar-refractivity contribution in [3.8, 4) is 0 Å². The van der Waals surface area contributed by atoms with Crippen molar-refractivity contribution in [2.45, 2.75) is 19.1 Å². The number of alkyl halides is 3. The summed E-state index contributed by atoms with van der Waals surface area (Å²) in [5, 5.41) is 6.76. The molecule has 148 valence electrons. The zero-order chi connectivity index (χ0) is 20.4. The van der Waals surface area contributed by atoms with E-state index in [0.29, 0.717) is 17.7 Å². The number of nitrogens with zero attached hydrogens (tertiary/aromatic N) is 3. The summed E-state index contributed by atoms with van der Waals surface area (Å²) in [6, 6.07) is 14.1. The highest BCUT2D eigenvalue weighted by Gasteiger charge is 2.30. The molecule has 0 aliphatic rings. The molecule has 29 heavy (non-hydrogen) atoms. The highest BCUT2D eigenvalue weighted by atomic mass is 19.4. The number of carbonyl (C=O) groups excluding carboxylic acids is 1. The number of aromatic nitrogens is 3. The number of carbonyl (C=O) groups is 1. The number of nitrogens with one attached hydrogen (secondary N) is 1. The second-order valence-electron chi connectivity index (χ2n) is 6.37. The lowest BCUT2D eigenvalue weighted by atomic mass is 10.1. The number of oxazole rings is 1.